The van der Waals surface area contributed by atoms with E-state index in [1.54, 1.807) is 7.11 Å². The Hall–Kier alpha value is -2.32. The maximum absolute atomic E-state index is 11.6. The van der Waals surface area contributed by atoms with Crippen molar-refractivity contribution in [1.29, 1.82) is 0 Å². The summed E-state index contributed by atoms with van der Waals surface area (Å²) < 4.78 is 10.8. The van der Waals surface area contributed by atoms with Gasteiger partial charge in [-0.1, -0.05) is 23.6 Å². The lowest BCUT2D eigenvalue weighted by Gasteiger charge is -2.38. The normalized spacial score (nSPS) is 24.8. The summed E-state index contributed by atoms with van der Waals surface area (Å²) in [5.41, 5.74) is 0.979. The summed E-state index contributed by atoms with van der Waals surface area (Å²) in [7, 11) is 1.62. The van der Waals surface area contributed by atoms with E-state index < -0.39 is 11.6 Å². The summed E-state index contributed by atoms with van der Waals surface area (Å²) in [6.07, 6.45) is 1.33. The van der Waals surface area contributed by atoms with Gasteiger partial charge in [0.2, 0.25) is 0 Å². The molecule has 26 heavy (non-hydrogen) atoms. The van der Waals surface area contributed by atoms with E-state index >= 15 is 0 Å². The second-order valence-corrected chi connectivity index (χ2v) is 7.08. The zero-order valence-corrected chi connectivity index (χ0v) is 15.8. The highest BCUT2D eigenvalue weighted by molar-refractivity contribution is 5.66. The van der Waals surface area contributed by atoms with E-state index in [0.717, 1.165) is 16.9 Å². The second-order valence-electron chi connectivity index (χ2n) is 7.08. The number of hydrogen-bond donors (Lipinski definition) is 1. The largest absolute Gasteiger partial charge is 0.497 e. The van der Waals surface area contributed by atoms with Crippen molar-refractivity contribution in [2.75, 3.05) is 7.11 Å². The lowest BCUT2D eigenvalue weighted by atomic mass is 9.67. The van der Waals surface area contributed by atoms with Crippen LogP contribution in [0.2, 0.25) is 0 Å². The van der Waals surface area contributed by atoms with Crippen LogP contribution in [0.15, 0.2) is 36.4 Å². The molecule has 0 amide bonds. The quantitative estimate of drug-likeness (QED) is 0.623. The highest BCUT2D eigenvalue weighted by Gasteiger charge is 2.56. The van der Waals surface area contributed by atoms with Crippen LogP contribution in [0.1, 0.15) is 38.7 Å². The number of ether oxygens (including phenoxy) is 2. The second kappa shape index (κ2) is 8.37. The van der Waals surface area contributed by atoms with Crippen LogP contribution < -0.4 is 4.74 Å². The maximum atomic E-state index is 11.6. The molecule has 0 radical (unpaired) electrons. The lowest BCUT2D eigenvalue weighted by molar-refractivity contribution is -0.154. The number of aliphatic hydroxyl groups excluding tert-OH is 1. The van der Waals surface area contributed by atoms with Gasteiger partial charge in [-0.25, -0.2) is 0 Å². The SMILES string of the molecule is C#[N+]C(Cc1ccc(OC)cc1)(C(=C)C)[C@H]1C[C@@H](O)CC[C@@H]1OC(C)=O. The van der Waals surface area contributed by atoms with E-state index in [1.165, 1.54) is 6.92 Å². The highest BCUT2D eigenvalue weighted by atomic mass is 16.5. The van der Waals surface area contributed by atoms with E-state index in [-0.39, 0.29) is 18.0 Å². The fourth-order valence-corrected chi connectivity index (χ4v) is 3.88. The molecule has 0 saturated heterocycles. The first-order valence-corrected chi connectivity index (χ1v) is 8.88. The van der Waals surface area contributed by atoms with Crippen molar-refractivity contribution in [1.82, 2.24) is 0 Å². The van der Waals surface area contributed by atoms with E-state index in [2.05, 4.69) is 11.4 Å². The van der Waals surface area contributed by atoms with Crippen LogP contribution in [0.3, 0.4) is 0 Å². The molecule has 2 rings (SSSR count). The minimum absolute atomic E-state index is 0.236. The van der Waals surface area contributed by atoms with Crippen LogP contribution in [0.5, 0.6) is 5.75 Å². The molecule has 0 spiro atoms. The van der Waals surface area contributed by atoms with Gasteiger partial charge in [0.15, 0.2) is 0 Å². The first kappa shape index (κ1) is 20.0. The molecule has 1 unspecified atom stereocenters. The predicted octanol–water partition coefficient (Wildman–Crippen LogP) is 3.61. The van der Waals surface area contributed by atoms with Gasteiger partial charge in [0.25, 0.3) is 6.57 Å². The molecule has 0 aromatic heterocycles. The van der Waals surface area contributed by atoms with E-state index in [4.69, 9.17) is 16.0 Å². The number of aliphatic hydroxyl groups is 1. The molecule has 1 aliphatic rings. The third kappa shape index (κ3) is 4.25. The molecular formula is C21H28NO4+. The van der Waals surface area contributed by atoms with Gasteiger partial charge >= 0.3 is 11.5 Å². The number of esters is 1. The summed E-state index contributed by atoms with van der Waals surface area (Å²) in [6, 6.07) is 7.69. The minimum Gasteiger partial charge on any atom is -0.497 e. The molecule has 5 heteroatoms. The van der Waals surface area contributed by atoms with Crippen molar-refractivity contribution in [3.63, 3.8) is 0 Å². The molecule has 5 nitrogen and oxygen atoms in total. The molecular weight excluding hydrogens is 330 g/mol. The Balaban J connectivity index is 2.40. The van der Waals surface area contributed by atoms with E-state index in [0.29, 0.717) is 25.7 Å². The topological polar surface area (TPSA) is 60.1 Å². The average Bonchev–Trinajstić information content (AvgIpc) is 2.61. The smallest absolute Gasteiger partial charge is 0.311 e. The zero-order chi connectivity index (χ0) is 19.3. The number of benzene rings is 1. The summed E-state index contributed by atoms with van der Waals surface area (Å²) in [6.45, 7) is 13.3. The summed E-state index contributed by atoms with van der Waals surface area (Å²) in [4.78, 5) is 15.8. The predicted molar refractivity (Wildman–Crippen MR) is 101 cm³/mol. The van der Waals surface area contributed by atoms with Gasteiger partial charge in [-0.2, -0.15) is 0 Å². The molecule has 1 aromatic rings. The maximum Gasteiger partial charge on any atom is 0.311 e. The number of hydrogen-bond acceptors (Lipinski definition) is 4. The number of nitrogens with zero attached hydrogens (tertiary/aromatic N) is 1. The van der Waals surface area contributed by atoms with Crippen LogP contribution in [0, 0.1) is 12.5 Å². The summed E-state index contributed by atoms with van der Waals surface area (Å²) >= 11 is 0. The van der Waals surface area contributed by atoms with Gasteiger partial charge in [-0.15, -0.1) is 0 Å². The van der Waals surface area contributed by atoms with Crippen LogP contribution in [0.25, 0.3) is 4.85 Å². The summed E-state index contributed by atoms with van der Waals surface area (Å²) in [5, 5.41) is 10.2. The van der Waals surface area contributed by atoms with Crippen molar-refractivity contribution in [2.45, 2.75) is 57.3 Å². The standard InChI is InChI=1S/C21H28NO4/c1-14(2)21(22-4,13-16-6-9-18(25-5)10-7-16)19-12-17(24)8-11-20(19)26-15(3)23/h4,6-7,9-10,17,19-20,24H,1,8,11-13H2,2-3,5H3/q+1/t17-,19-,20-,21?/m0/s1. The molecule has 1 fully saturated rings. The first-order valence-electron chi connectivity index (χ1n) is 8.88. The highest BCUT2D eigenvalue weighted by Crippen LogP contribution is 2.43. The van der Waals surface area contributed by atoms with Crippen LogP contribution in [0.4, 0.5) is 0 Å². The third-order valence-corrected chi connectivity index (χ3v) is 5.29. The number of carbonyl (C=O) groups is 1. The lowest BCUT2D eigenvalue weighted by Crippen LogP contribution is -2.49. The summed E-state index contributed by atoms with van der Waals surface area (Å²) in [5.74, 6) is 0.193. The Bertz CT molecular complexity index is 691. The number of carbonyl (C=O) groups excluding carboxylic acids is 1. The number of methoxy groups -OCH3 is 1. The van der Waals surface area contributed by atoms with Gasteiger partial charge < -0.3 is 14.6 Å². The fourth-order valence-electron chi connectivity index (χ4n) is 3.88. The monoisotopic (exact) mass is 358 g/mol. The molecule has 1 aliphatic carbocycles. The molecule has 0 bridgehead atoms. The zero-order valence-electron chi connectivity index (χ0n) is 15.8. The van der Waals surface area contributed by atoms with Crippen LogP contribution in [-0.4, -0.2) is 35.9 Å². The van der Waals surface area contributed by atoms with Crippen molar-refractivity contribution < 1.29 is 19.4 Å². The van der Waals surface area contributed by atoms with Gasteiger partial charge in [0.1, 0.15) is 11.9 Å². The molecule has 1 aromatic carbocycles. The van der Waals surface area contributed by atoms with Crippen LogP contribution in [-0.2, 0) is 16.0 Å². The first-order chi connectivity index (χ1) is 12.3. The molecule has 0 aliphatic heterocycles. The average molecular weight is 358 g/mol. The Morgan fingerprint density at radius 1 is 1.35 bits per heavy atom. The third-order valence-electron chi connectivity index (χ3n) is 5.29. The Labute approximate surface area is 155 Å². The van der Waals surface area contributed by atoms with E-state index in [1.807, 2.05) is 31.2 Å². The minimum atomic E-state index is -0.823. The van der Waals surface area contributed by atoms with E-state index in [9.17, 15) is 9.90 Å². The fraction of sp³-hybridized carbons (Fsp3) is 0.524. The van der Waals surface area contributed by atoms with Gasteiger partial charge in [-0.05, 0) is 43.9 Å². The molecule has 1 saturated carbocycles. The van der Waals surface area contributed by atoms with Crippen molar-refractivity contribution >= 4 is 5.97 Å². The molecule has 4 atom stereocenters. The van der Waals surface area contributed by atoms with Crippen molar-refractivity contribution in [2.24, 2.45) is 5.92 Å². The molecule has 1 N–H and O–H groups in total. The number of rotatable bonds is 6. The molecule has 140 valence electrons. The van der Waals surface area contributed by atoms with Gasteiger partial charge in [-0.3, -0.25) is 4.79 Å². The van der Waals surface area contributed by atoms with Gasteiger partial charge in [0.05, 0.1) is 25.6 Å². The van der Waals surface area contributed by atoms with Crippen LogP contribution >= 0.6 is 0 Å². The van der Waals surface area contributed by atoms with Gasteiger partial charge in [0, 0.05) is 12.5 Å². The Morgan fingerprint density at radius 2 is 2.00 bits per heavy atom. The van der Waals surface area contributed by atoms with Crippen molar-refractivity contribution in [3.8, 4) is 12.3 Å². The molecule has 0 heterocycles. The van der Waals surface area contributed by atoms with Crippen molar-refractivity contribution in [3.05, 3.63) is 46.8 Å². The Morgan fingerprint density at radius 3 is 2.50 bits per heavy atom. The Kier molecular flexibility index (Phi) is 6.44.